The van der Waals surface area contributed by atoms with Crippen molar-refractivity contribution in [2.24, 2.45) is 0 Å². The Hall–Kier alpha value is -2.66. The topological polar surface area (TPSA) is 42.4 Å². The molecular formula is C22H22N2O2S. The van der Waals surface area contributed by atoms with Crippen LogP contribution in [0.3, 0.4) is 0 Å². The van der Waals surface area contributed by atoms with Crippen molar-refractivity contribution in [3.63, 3.8) is 0 Å². The Morgan fingerprint density at radius 2 is 1.89 bits per heavy atom. The minimum absolute atomic E-state index is 0.0884. The maximum Gasteiger partial charge on any atom is 0.266 e. The van der Waals surface area contributed by atoms with Crippen molar-refractivity contribution in [2.75, 3.05) is 13.7 Å². The summed E-state index contributed by atoms with van der Waals surface area (Å²) >= 11 is 1.49. The Morgan fingerprint density at radius 1 is 1.15 bits per heavy atom. The Bertz CT molecular complexity index is 935. The van der Waals surface area contributed by atoms with Crippen molar-refractivity contribution >= 4 is 17.2 Å². The predicted molar refractivity (Wildman–Crippen MR) is 108 cm³/mol. The lowest BCUT2D eigenvalue weighted by Crippen LogP contribution is -2.30. The summed E-state index contributed by atoms with van der Waals surface area (Å²) < 4.78 is 5.25. The summed E-state index contributed by atoms with van der Waals surface area (Å²) in [6.45, 7) is 2.71. The van der Waals surface area contributed by atoms with E-state index in [0.29, 0.717) is 0 Å². The molecule has 1 saturated heterocycles. The largest absolute Gasteiger partial charge is 0.497 e. The fourth-order valence-corrected chi connectivity index (χ4v) is 4.64. The number of hydrogen-bond acceptors (Lipinski definition) is 4. The van der Waals surface area contributed by atoms with Gasteiger partial charge in [-0.3, -0.25) is 4.79 Å². The number of ether oxygens (including phenoxy) is 1. The number of likely N-dealkylation sites (tertiary alicyclic amines) is 1. The quantitative estimate of drug-likeness (QED) is 0.634. The van der Waals surface area contributed by atoms with E-state index in [0.717, 1.165) is 51.8 Å². The maximum atomic E-state index is 13.3. The molecule has 1 amide bonds. The van der Waals surface area contributed by atoms with E-state index in [1.54, 1.807) is 7.11 Å². The Kier molecular flexibility index (Phi) is 4.94. The van der Waals surface area contributed by atoms with Gasteiger partial charge in [-0.15, -0.1) is 11.3 Å². The van der Waals surface area contributed by atoms with Gasteiger partial charge >= 0.3 is 0 Å². The van der Waals surface area contributed by atoms with Crippen LogP contribution in [0.4, 0.5) is 0 Å². The number of hydrogen-bond donors (Lipinski definition) is 0. The normalized spacial score (nSPS) is 16.5. The van der Waals surface area contributed by atoms with Gasteiger partial charge in [-0.25, -0.2) is 4.98 Å². The molecule has 138 valence electrons. The second kappa shape index (κ2) is 7.53. The van der Waals surface area contributed by atoms with Crippen LogP contribution in [0.5, 0.6) is 5.75 Å². The molecule has 0 saturated carbocycles. The van der Waals surface area contributed by atoms with E-state index in [2.05, 4.69) is 17.1 Å². The van der Waals surface area contributed by atoms with Crippen molar-refractivity contribution in [1.82, 2.24) is 9.88 Å². The molecule has 0 N–H and O–H groups in total. The maximum absolute atomic E-state index is 13.3. The zero-order valence-corrected chi connectivity index (χ0v) is 16.3. The smallest absolute Gasteiger partial charge is 0.266 e. The zero-order valence-electron chi connectivity index (χ0n) is 15.5. The van der Waals surface area contributed by atoms with Crippen LogP contribution >= 0.6 is 11.3 Å². The van der Waals surface area contributed by atoms with E-state index in [9.17, 15) is 4.79 Å². The van der Waals surface area contributed by atoms with Gasteiger partial charge in [0.1, 0.15) is 15.6 Å². The first kappa shape index (κ1) is 17.7. The molecule has 1 unspecified atom stereocenters. The third-order valence-corrected chi connectivity index (χ3v) is 6.22. The molecule has 1 aromatic heterocycles. The summed E-state index contributed by atoms with van der Waals surface area (Å²) in [5, 5.41) is 0.900. The summed E-state index contributed by atoms with van der Waals surface area (Å²) in [6.07, 6.45) is 2.01. The molecule has 0 spiro atoms. The summed E-state index contributed by atoms with van der Waals surface area (Å²) in [7, 11) is 1.66. The van der Waals surface area contributed by atoms with Gasteiger partial charge < -0.3 is 9.64 Å². The molecule has 3 aromatic rings. The van der Waals surface area contributed by atoms with Gasteiger partial charge in [0, 0.05) is 12.1 Å². The number of nitrogens with zero attached hydrogens (tertiary/aromatic N) is 2. The van der Waals surface area contributed by atoms with E-state index in [4.69, 9.17) is 4.74 Å². The molecule has 1 fully saturated rings. The Labute approximate surface area is 163 Å². The van der Waals surface area contributed by atoms with E-state index >= 15 is 0 Å². The Balaban J connectivity index is 1.61. The van der Waals surface area contributed by atoms with Crippen molar-refractivity contribution in [3.8, 4) is 16.3 Å². The monoisotopic (exact) mass is 378 g/mol. The SMILES string of the molecule is COc1ccc(C2CCCN2C(=O)c2sc(-c3ccccc3)nc2C)cc1. The number of rotatable bonds is 4. The third-order valence-electron chi connectivity index (χ3n) is 5.03. The molecule has 0 radical (unpaired) electrons. The van der Waals surface area contributed by atoms with E-state index in [1.807, 2.05) is 54.3 Å². The highest BCUT2D eigenvalue weighted by molar-refractivity contribution is 7.17. The molecule has 1 aliphatic rings. The van der Waals surface area contributed by atoms with Crippen LogP contribution in [0.15, 0.2) is 54.6 Å². The summed E-state index contributed by atoms with van der Waals surface area (Å²) in [6, 6.07) is 18.2. The number of thiazole rings is 1. The van der Waals surface area contributed by atoms with Gasteiger partial charge in [-0.05, 0) is 37.5 Å². The fourth-order valence-electron chi connectivity index (χ4n) is 3.61. The molecule has 1 atom stereocenters. The summed E-state index contributed by atoms with van der Waals surface area (Å²) in [5.41, 5.74) is 3.02. The van der Waals surface area contributed by atoms with Crippen molar-refractivity contribution < 1.29 is 9.53 Å². The molecule has 0 bridgehead atoms. The van der Waals surface area contributed by atoms with Crippen molar-refractivity contribution in [3.05, 3.63) is 70.7 Å². The molecule has 2 aromatic carbocycles. The molecule has 0 aliphatic carbocycles. The van der Waals surface area contributed by atoms with Crippen LogP contribution in [-0.2, 0) is 0 Å². The lowest BCUT2D eigenvalue weighted by molar-refractivity contribution is 0.0739. The fraction of sp³-hybridized carbons (Fsp3) is 0.273. The molecule has 2 heterocycles. The minimum atomic E-state index is 0.0884. The second-order valence-electron chi connectivity index (χ2n) is 6.73. The zero-order chi connectivity index (χ0) is 18.8. The highest BCUT2D eigenvalue weighted by Gasteiger charge is 2.32. The summed E-state index contributed by atoms with van der Waals surface area (Å²) in [5.74, 6) is 0.922. The number of benzene rings is 2. The van der Waals surface area contributed by atoms with E-state index < -0.39 is 0 Å². The molecule has 1 aliphatic heterocycles. The highest BCUT2D eigenvalue weighted by atomic mass is 32.1. The molecule has 5 heteroatoms. The van der Waals surface area contributed by atoms with Gasteiger partial charge in [-0.2, -0.15) is 0 Å². The van der Waals surface area contributed by atoms with Crippen molar-refractivity contribution in [1.29, 1.82) is 0 Å². The predicted octanol–water partition coefficient (Wildman–Crippen LogP) is 5.10. The van der Waals surface area contributed by atoms with Crippen LogP contribution in [0.2, 0.25) is 0 Å². The average Bonchev–Trinajstić information content (AvgIpc) is 3.35. The number of methoxy groups -OCH3 is 1. The van der Waals surface area contributed by atoms with E-state index in [1.165, 1.54) is 11.3 Å². The second-order valence-corrected chi connectivity index (χ2v) is 7.73. The van der Waals surface area contributed by atoms with E-state index in [-0.39, 0.29) is 11.9 Å². The number of carbonyl (C=O) groups excluding carboxylic acids is 1. The highest BCUT2D eigenvalue weighted by Crippen LogP contribution is 2.36. The molecule has 27 heavy (non-hydrogen) atoms. The van der Waals surface area contributed by atoms with Gasteiger partial charge in [0.05, 0.1) is 18.8 Å². The van der Waals surface area contributed by atoms with Crippen LogP contribution in [0.25, 0.3) is 10.6 Å². The first-order valence-electron chi connectivity index (χ1n) is 9.15. The van der Waals surface area contributed by atoms with Gasteiger partial charge in [0.2, 0.25) is 0 Å². The first-order valence-corrected chi connectivity index (χ1v) is 9.97. The molecule has 4 rings (SSSR count). The summed E-state index contributed by atoms with van der Waals surface area (Å²) in [4.78, 5) is 20.7. The number of amides is 1. The molecule has 4 nitrogen and oxygen atoms in total. The average molecular weight is 378 g/mol. The molecular weight excluding hydrogens is 356 g/mol. The number of aryl methyl sites for hydroxylation is 1. The van der Waals surface area contributed by atoms with Gasteiger partial charge in [-0.1, -0.05) is 42.5 Å². The van der Waals surface area contributed by atoms with Gasteiger partial charge in [0.25, 0.3) is 5.91 Å². The standard InChI is InChI=1S/C22H22N2O2S/c1-15-20(27-21(23-15)17-7-4-3-5-8-17)22(25)24-14-6-9-19(24)16-10-12-18(26-2)13-11-16/h3-5,7-8,10-13,19H,6,9,14H2,1-2H3. The van der Waals surface area contributed by atoms with Crippen LogP contribution < -0.4 is 4.74 Å². The number of aromatic nitrogens is 1. The number of carbonyl (C=O) groups is 1. The van der Waals surface area contributed by atoms with Crippen molar-refractivity contribution in [2.45, 2.75) is 25.8 Å². The Morgan fingerprint density at radius 3 is 2.59 bits per heavy atom. The van der Waals surface area contributed by atoms with Crippen LogP contribution in [0.1, 0.15) is 39.8 Å². The van der Waals surface area contributed by atoms with Crippen LogP contribution in [-0.4, -0.2) is 29.4 Å². The van der Waals surface area contributed by atoms with Gasteiger partial charge in [0.15, 0.2) is 0 Å². The minimum Gasteiger partial charge on any atom is -0.497 e. The lowest BCUT2D eigenvalue weighted by atomic mass is 10.0. The third kappa shape index (κ3) is 3.47. The lowest BCUT2D eigenvalue weighted by Gasteiger charge is -2.25. The van der Waals surface area contributed by atoms with Crippen LogP contribution in [0, 0.1) is 6.92 Å². The first-order chi connectivity index (χ1) is 13.2.